The maximum Gasteiger partial charge on any atom is 0.407 e. The Balaban J connectivity index is 0.00000187. The molecule has 0 aliphatic carbocycles. The molecule has 1 amide bonds. The van der Waals surface area contributed by atoms with Gasteiger partial charge in [0.15, 0.2) is 0 Å². The summed E-state index contributed by atoms with van der Waals surface area (Å²) in [7, 11) is 1.00. The van der Waals surface area contributed by atoms with E-state index < -0.39 is 23.3 Å². The highest BCUT2D eigenvalue weighted by atomic mass is 19.1. The minimum Gasteiger partial charge on any atom is -0.493 e. The van der Waals surface area contributed by atoms with Gasteiger partial charge in [0.1, 0.15) is 23.0 Å². The molecule has 3 N–H and O–H groups in total. The first-order valence-corrected chi connectivity index (χ1v) is 11.0. The van der Waals surface area contributed by atoms with Crippen molar-refractivity contribution in [2.45, 2.75) is 57.7 Å². The Labute approximate surface area is 194 Å². The summed E-state index contributed by atoms with van der Waals surface area (Å²) >= 11 is 0. The van der Waals surface area contributed by atoms with Gasteiger partial charge in [-0.3, -0.25) is 0 Å². The molecule has 8 heteroatoms. The van der Waals surface area contributed by atoms with E-state index in [9.17, 15) is 13.6 Å². The zero-order valence-corrected chi connectivity index (χ0v) is 19.7. The zero-order chi connectivity index (χ0) is 24.4. The van der Waals surface area contributed by atoms with Gasteiger partial charge in [0.25, 0.3) is 0 Å². The van der Waals surface area contributed by atoms with E-state index in [0.717, 1.165) is 30.9 Å². The summed E-state index contributed by atoms with van der Waals surface area (Å²) in [6.45, 7) is 6.60. The van der Waals surface area contributed by atoms with Gasteiger partial charge in [-0.25, -0.2) is 13.6 Å². The maximum atomic E-state index is 13.6. The van der Waals surface area contributed by atoms with Gasteiger partial charge >= 0.3 is 6.09 Å². The van der Waals surface area contributed by atoms with Crippen molar-refractivity contribution in [1.82, 2.24) is 10.6 Å². The monoisotopic (exact) mass is 464 g/mol. The highest BCUT2D eigenvalue weighted by Crippen LogP contribution is 2.31. The number of halogens is 2. The number of amides is 1. The molecule has 0 bridgehead atoms. The number of aliphatic hydroxyl groups excluding tert-OH is 1. The minimum atomic E-state index is -0.636. The summed E-state index contributed by atoms with van der Waals surface area (Å²) in [6, 6.07) is 11.1. The number of carbonyl (C=O) groups is 1. The zero-order valence-electron chi connectivity index (χ0n) is 19.7. The second-order valence-electron chi connectivity index (χ2n) is 8.80. The van der Waals surface area contributed by atoms with Crippen LogP contribution in [0.25, 0.3) is 0 Å². The van der Waals surface area contributed by atoms with Crippen LogP contribution in [0.5, 0.6) is 5.75 Å². The van der Waals surface area contributed by atoms with Crippen LogP contribution in [-0.4, -0.2) is 43.1 Å². The summed E-state index contributed by atoms with van der Waals surface area (Å²) in [6.07, 6.45) is 1.15. The Morgan fingerprint density at radius 3 is 2.52 bits per heavy atom. The van der Waals surface area contributed by atoms with Crippen molar-refractivity contribution in [3.8, 4) is 5.75 Å². The molecule has 2 aromatic carbocycles. The maximum absolute atomic E-state index is 13.6. The molecule has 2 aromatic rings. The molecular formula is C25H34F2N2O4. The van der Waals surface area contributed by atoms with E-state index in [-0.39, 0.29) is 12.1 Å². The van der Waals surface area contributed by atoms with Gasteiger partial charge in [0.2, 0.25) is 0 Å². The summed E-state index contributed by atoms with van der Waals surface area (Å²) in [4.78, 5) is 12.3. The molecule has 0 fully saturated rings. The number of ether oxygens (including phenoxy) is 2. The first-order chi connectivity index (χ1) is 15.7. The molecule has 0 aromatic heterocycles. The molecule has 6 nitrogen and oxygen atoms in total. The summed E-state index contributed by atoms with van der Waals surface area (Å²) in [5, 5.41) is 13.4. The Kier molecular flexibility index (Phi) is 10.1. The fourth-order valence-corrected chi connectivity index (χ4v) is 3.70. The fraction of sp³-hybridized carbons (Fsp3) is 0.480. The summed E-state index contributed by atoms with van der Waals surface area (Å²) < 4.78 is 38.3. The van der Waals surface area contributed by atoms with Crippen LogP contribution in [0.1, 0.15) is 50.8 Å². The van der Waals surface area contributed by atoms with Crippen LogP contribution in [0.2, 0.25) is 0 Å². The third kappa shape index (κ3) is 8.98. The quantitative estimate of drug-likeness (QED) is 0.562. The van der Waals surface area contributed by atoms with Crippen LogP contribution in [-0.2, 0) is 11.2 Å². The molecule has 0 saturated carbocycles. The average molecular weight is 465 g/mol. The van der Waals surface area contributed by atoms with Gasteiger partial charge in [0.05, 0.1) is 6.61 Å². The summed E-state index contributed by atoms with van der Waals surface area (Å²) in [5.41, 5.74) is 0.955. The van der Waals surface area contributed by atoms with Crippen molar-refractivity contribution in [2.75, 3.05) is 20.3 Å². The number of fused-ring (bicyclic) bond motifs is 1. The van der Waals surface area contributed by atoms with Gasteiger partial charge in [-0.15, -0.1) is 0 Å². The number of aliphatic hydroxyl groups is 1. The molecule has 182 valence electrons. The van der Waals surface area contributed by atoms with E-state index in [1.807, 2.05) is 24.3 Å². The molecule has 0 saturated heterocycles. The first-order valence-electron chi connectivity index (χ1n) is 11.0. The molecule has 1 heterocycles. The second-order valence-corrected chi connectivity index (χ2v) is 8.80. The molecule has 2 unspecified atom stereocenters. The van der Waals surface area contributed by atoms with E-state index in [1.54, 1.807) is 20.8 Å². The second kappa shape index (κ2) is 12.5. The van der Waals surface area contributed by atoms with Crippen LogP contribution in [0.4, 0.5) is 13.6 Å². The number of alkyl carbamates (subject to hydrolysis) is 1. The van der Waals surface area contributed by atoms with E-state index in [1.165, 1.54) is 12.1 Å². The normalized spacial score (nSPS) is 15.9. The lowest BCUT2D eigenvalue weighted by Crippen LogP contribution is -2.42. The van der Waals surface area contributed by atoms with Crippen LogP contribution in [0.15, 0.2) is 42.5 Å². The Bertz CT molecular complexity index is 882. The van der Waals surface area contributed by atoms with Gasteiger partial charge in [0, 0.05) is 37.2 Å². The van der Waals surface area contributed by atoms with Gasteiger partial charge in [-0.05, 0) is 63.9 Å². The number of hydrogen-bond acceptors (Lipinski definition) is 5. The van der Waals surface area contributed by atoms with E-state index in [0.29, 0.717) is 31.6 Å². The predicted octanol–water partition coefficient (Wildman–Crippen LogP) is 4.51. The molecule has 1 aliphatic heterocycles. The van der Waals surface area contributed by atoms with Crippen molar-refractivity contribution in [3.05, 3.63) is 65.2 Å². The largest absolute Gasteiger partial charge is 0.493 e. The average Bonchev–Trinajstić information content (AvgIpc) is 2.73. The van der Waals surface area contributed by atoms with E-state index in [2.05, 4.69) is 10.6 Å². The lowest BCUT2D eigenvalue weighted by atomic mass is 9.99. The van der Waals surface area contributed by atoms with Gasteiger partial charge in [-0.2, -0.15) is 0 Å². The standard InChI is InChI=1S/C24H30F2N2O3.CH4O/c1-24(2,3)31-23(29)28-19(14-16-12-17(25)15-18(26)13-16)8-10-27-21-9-11-30-22-7-5-4-6-20(21)22;1-2/h4-7,12-13,15,19,21,27H,8-11,14H2,1-3H3,(H,28,29);2H,1H3. The van der Waals surface area contributed by atoms with Crippen molar-refractivity contribution >= 4 is 6.09 Å². The number of hydrogen-bond donors (Lipinski definition) is 3. The molecule has 1 aliphatic rings. The van der Waals surface area contributed by atoms with Gasteiger partial charge < -0.3 is 25.2 Å². The molecule has 2 atom stereocenters. The van der Waals surface area contributed by atoms with Gasteiger partial charge in [-0.1, -0.05) is 18.2 Å². The first kappa shape index (κ1) is 26.5. The molecule has 0 radical (unpaired) electrons. The topological polar surface area (TPSA) is 79.8 Å². The van der Waals surface area contributed by atoms with Crippen LogP contribution in [0.3, 0.4) is 0 Å². The molecule has 3 rings (SSSR count). The Morgan fingerprint density at radius 1 is 1.18 bits per heavy atom. The number of nitrogens with one attached hydrogen (secondary N) is 2. The van der Waals surface area contributed by atoms with Crippen LogP contribution in [0, 0.1) is 11.6 Å². The van der Waals surface area contributed by atoms with E-state index >= 15 is 0 Å². The number of rotatable bonds is 7. The van der Waals surface area contributed by atoms with E-state index in [4.69, 9.17) is 14.6 Å². The van der Waals surface area contributed by atoms with Crippen LogP contribution < -0.4 is 15.4 Å². The Morgan fingerprint density at radius 2 is 1.85 bits per heavy atom. The third-order valence-electron chi connectivity index (χ3n) is 4.97. The lowest BCUT2D eigenvalue weighted by Gasteiger charge is -2.28. The number of carbonyl (C=O) groups excluding carboxylic acids is 1. The smallest absolute Gasteiger partial charge is 0.407 e. The molecule has 33 heavy (non-hydrogen) atoms. The number of para-hydroxylation sites is 1. The SMILES string of the molecule is CC(C)(C)OC(=O)NC(CCNC1CCOc2ccccc21)Cc1cc(F)cc(F)c1.CO. The predicted molar refractivity (Wildman–Crippen MR) is 123 cm³/mol. The van der Waals surface area contributed by atoms with Crippen molar-refractivity contribution in [3.63, 3.8) is 0 Å². The summed E-state index contributed by atoms with van der Waals surface area (Å²) in [5.74, 6) is -0.393. The number of benzene rings is 2. The highest BCUT2D eigenvalue weighted by Gasteiger charge is 2.23. The van der Waals surface area contributed by atoms with Crippen molar-refractivity contribution in [2.24, 2.45) is 0 Å². The van der Waals surface area contributed by atoms with Crippen LogP contribution >= 0.6 is 0 Å². The lowest BCUT2D eigenvalue weighted by molar-refractivity contribution is 0.0501. The van der Waals surface area contributed by atoms with Crippen molar-refractivity contribution in [1.29, 1.82) is 0 Å². The molecular weight excluding hydrogens is 430 g/mol. The Hall–Kier alpha value is -2.71. The van der Waals surface area contributed by atoms with Crippen molar-refractivity contribution < 1.29 is 28.2 Å². The molecule has 0 spiro atoms. The fourth-order valence-electron chi connectivity index (χ4n) is 3.70. The third-order valence-corrected chi connectivity index (χ3v) is 4.97. The minimum absolute atomic E-state index is 0.152. The highest BCUT2D eigenvalue weighted by molar-refractivity contribution is 5.68.